The molecule has 0 aliphatic carbocycles. The molecule has 0 heterocycles. The first-order valence-electron chi connectivity index (χ1n) is 4.41. The van der Waals surface area contributed by atoms with Crippen molar-refractivity contribution >= 4 is 59.7 Å². The molecule has 0 aliphatic rings. The van der Waals surface area contributed by atoms with E-state index in [4.69, 9.17) is 0 Å². The number of rotatable bonds is 5. The Morgan fingerprint density at radius 3 is 1.82 bits per heavy atom. The maximum absolute atomic E-state index is 9.90. The summed E-state index contributed by atoms with van der Waals surface area (Å²) in [7, 11) is -1.72. The summed E-state index contributed by atoms with van der Waals surface area (Å²) in [5.74, 6) is 0. The molecule has 0 atom stereocenters. The summed E-state index contributed by atoms with van der Waals surface area (Å²) in [5, 5.41) is 0. The van der Waals surface area contributed by atoms with Crippen LogP contribution in [-0.2, 0) is 0 Å². The molecule has 0 aromatic carbocycles. The molecule has 0 aromatic heterocycles. The van der Waals surface area contributed by atoms with Crippen LogP contribution in [0, 0.1) is 0 Å². The molecule has 3 heteroatoms. The molecule has 1 N–H and O–H groups in total. The van der Waals surface area contributed by atoms with Crippen molar-refractivity contribution in [1.82, 2.24) is 0 Å². The third-order valence-corrected chi connectivity index (χ3v) is 6.23. The van der Waals surface area contributed by atoms with Crippen LogP contribution in [0.25, 0.3) is 0 Å². The van der Waals surface area contributed by atoms with E-state index >= 15 is 0 Å². The van der Waals surface area contributed by atoms with Gasteiger partial charge in [-0.2, -0.15) is 0 Å². The topological polar surface area (TPSA) is 20.2 Å². The van der Waals surface area contributed by atoms with E-state index in [1.165, 1.54) is 12.8 Å². The molecular weight excluding hydrogens is 179 g/mol. The Labute approximate surface area is 115 Å². The summed E-state index contributed by atoms with van der Waals surface area (Å²) >= 11 is 0. The Bertz CT molecular complexity index is 84.2. The fourth-order valence-electron chi connectivity index (χ4n) is 1.11. The van der Waals surface area contributed by atoms with Crippen molar-refractivity contribution in [1.29, 1.82) is 0 Å². The van der Waals surface area contributed by atoms with Gasteiger partial charge in [0.2, 0.25) is 0 Å². The molecule has 0 saturated carbocycles. The first-order valence-corrected chi connectivity index (χ1v) is 6.97. The van der Waals surface area contributed by atoms with Crippen LogP contribution in [-0.4, -0.2) is 64.5 Å². The molecule has 0 spiro atoms. The zero-order valence-corrected chi connectivity index (χ0v) is 8.48. The molecular formula is C8H21KOSi. The van der Waals surface area contributed by atoms with Crippen LogP contribution in [0.3, 0.4) is 0 Å². The zero-order valence-electron chi connectivity index (χ0n) is 7.48. The van der Waals surface area contributed by atoms with Crippen molar-refractivity contribution in [2.75, 3.05) is 0 Å². The molecule has 11 heavy (non-hydrogen) atoms. The van der Waals surface area contributed by atoms with E-state index < -0.39 is 8.32 Å². The summed E-state index contributed by atoms with van der Waals surface area (Å²) < 4.78 is 0. The van der Waals surface area contributed by atoms with Crippen LogP contribution in [0.15, 0.2) is 0 Å². The predicted octanol–water partition coefficient (Wildman–Crippen LogP) is 2.12. The van der Waals surface area contributed by atoms with Crippen molar-refractivity contribution in [3.63, 3.8) is 0 Å². The molecule has 0 saturated heterocycles. The normalized spacial score (nSPS) is 10.9. The van der Waals surface area contributed by atoms with E-state index in [0.717, 1.165) is 18.1 Å². The van der Waals surface area contributed by atoms with Gasteiger partial charge in [0.25, 0.3) is 0 Å². The van der Waals surface area contributed by atoms with Gasteiger partial charge in [-0.15, -0.1) is 0 Å². The van der Waals surface area contributed by atoms with E-state index in [0.29, 0.717) is 0 Å². The predicted molar refractivity (Wildman–Crippen MR) is 55.8 cm³/mol. The Hall–Kier alpha value is 1.81. The van der Waals surface area contributed by atoms with Crippen LogP contribution in [0.5, 0.6) is 0 Å². The average Bonchev–Trinajstić information content (AvgIpc) is 2.00. The fraction of sp³-hybridized carbons (Fsp3) is 1.00. The molecule has 0 amide bonds. The van der Waals surface area contributed by atoms with Gasteiger partial charge in [-0.25, -0.2) is 0 Å². The van der Waals surface area contributed by atoms with Gasteiger partial charge in [0.1, 0.15) is 0 Å². The van der Waals surface area contributed by atoms with E-state index in [2.05, 4.69) is 20.8 Å². The second-order valence-corrected chi connectivity index (χ2v) is 7.40. The van der Waals surface area contributed by atoms with E-state index in [-0.39, 0.29) is 51.4 Å². The first kappa shape index (κ1) is 15.3. The van der Waals surface area contributed by atoms with Crippen molar-refractivity contribution in [2.45, 2.75) is 51.7 Å². The summed E-state index contributed by atoms with van der Waals surface area (Å²) in [5.41, 5.74) is 0. The van der Waals surface area contributed by atoms with Crippen LogP contribution < -0.4 is 0 Å². The van der Waals surface area contributed by atoms with Gasteiger partial charge in [-0.3, -0.25) is 0 Å². The standard InChI is InChI=1S/C8H20OSi.K.H/c1-4-7-8-10(9,5-2)6-3;;/h9H,4-8H2,1-3H3;;. The van der Waals surface area contributed by atoms with Gasteiger partial charge in [0, 0.05) is 0 Å². The summed E-state index contributed by atoms with van der Waals surface area (Å²) in [6, 6.07) is 3.17. The monoisotopic (exact) mass is 200 g/mol. The van der Waals surface area contributed by atoms with Gasteiger partial charge in [0.15, 0.2) is 8.32 Å². The average molecular weight is 200 g/mol. The quantitative estimate of drug-likeness (QED) is 0.674. The van der Waals surface area contributed by atoms with Crippen LogP contribution in [0.2, 0.25) is 18.1 Å². The molecule has 0 aliphatic heterocycles. The van der Waals surface area contributed by atoms with Crippen molar-refractivity contribution < 1.29 is 4.80 Å². The third-order valence-electron chi connectivity index (χ3n) is 2.31. The van der Waals surface area contributed by atoms with E-state index in [1.54, 1.807) is 0 Å². The van der Waals surface area contributed by atoms with Gasteiger partial charge < -0.3 is 4.80 Å². The first-order chi connectivity index (χ1) is 4.68. The molecule has 0 bridgehead atoms. The Kier molecular flexibility index (Phi) is 11.7. The number of hydrogen-bond donors (Lipinski definition) is 1. The third kappa shape index (κ3) is 6.93. The second-order valence-electron chi connectivity index (χ2n) is 3.04. The minimum absolute atomic E-state index is 0. The summed E-state index contributed by atoms with van der Waals surface area (Å²) in [6.07, 6.45) is 2.43. The second kappa shape index (κ2) is 8.41. The Balaban J connectivity index is 0. The molecule has 64 valence electrons. The van der Waals surface area contributed by atoms with Gasteiger partial charge in [-0.1, -0.05) is 33.6 Å². The minimum atomic E-state index is -1.72. The van der Waals surface area contributed by atoms with Crippen molar-refractivity contribution in [3.8, 4) is 0 Å². The molecule has 0 fully saturated rings. The van der Waals surface area contributed by atoms with Gasteiger partial charge in [-0.05, 0) is 18.1 Å². The molecule has 0 unspecified atom stereocenters. The SMILES string of the molecule is CCCC[Si](O)(CC)CC.[KH]. The van der Waals surface area contributed by atoms with Crippen LogP contribution in [0.4, 0.5) is 0 Å². The van der Waals surface area contributed by atoms with Crippen LogP contribution in [0.1, 0.15) is 33.6 Å². The fourth-order valence-corrected chi connectivity index (χ4v) is 3.33. The molecule has 0 rings (SSSR count). The van der Waals surface area contributed by atoms with Crippen molar-refractivity contribution in [3.05, 3.63) is 0 Å². The Morgan fingerprint density at radius 1 is 1.09 bits per heavy atom. The van der Waals surface area contributed by atoms with Gasteiger partial charge in [0.05, 0.1) is 0 Å². The van der Waals surface area contributed by atoms with Gasteiger partial charge >= 0.3 is 51.4 Å². The number of hydrogen-bond acceptors (Lipinski definition) is 1. The molecule has 1 nitrogen and oxygen atoms in total. The summed E-state index contributed by atoms with van der Waals surface area (Å²) in [6.45, 7) is 6.41. The molecule has 0 aromatic rings. The summed E-state index contributed by atoms with van der Waals surface area (Å²) in [4.78, 5) is 9.90. The number of unbranched alkanes of at least 4 members (excludes halogenated alkanes) is 1. The maximum atomic E-state index is 9.90. The molecule has 0 radical (unpaired) electrons. The zero-order chi connectivity index (χ0) is 8.04. The Morgan fingerprint density at radius 2 is 1.55 bits per heavy atom. The van der Waals surface area contributed by atoms with Crippen molar-refractivity contribution in [2.24, 2.45) is 0 Å². The van der Waals surface area contributed by atoms with Crippen LogP contribution >= 0.6 is 0 Å². The van der Waals surface area contributed by atoms with E-state index in [9.17, 15) is 4.80 Å². The van der Waals surface area contributed by atoms with E-state index in [1.807, 2.05) is 0 Å².